The quantitative estimate of drug-likeness (QED) is 0.457. The summed E-state index contributed by atoms with van der Waals surface area (Å²) in [6, 6.07) is 6.87. The van der Waals surface area contributed by atoms with Gasteiger partial charge in [-0.1, -0.05) is 24.3 Å². The largest absolute Gasteiger partial charge is 0.488 e. The van der Waals surface area contributed by atoms with E-state index in [4.69, 9.17) is 15.2 Å². The van der Waals surface area contributed by atoms with Gasteiger partial charge in [0.05, 0.1) is 0 Å². The zero-order valence-electron chi connectivity index (χ0n) is 8.06. The fraction of sp³-hybridized carbons (Fsp3) is 0.200. The predicted octanol–water partition coefficient (Wildman–Crippen LogP) is -0.297. The Morgan fingerprint density at radius 2 is 1.86 bits per heavy atom. The second-order valence-corrected chi connectivity index (χ2v) is 2.59. The van der Waals surface area contributed by atoms with E-state index in [1.807, 2.05) is 6.07 Å². The minimum Gasteiger partial charge on any atom is -0.423 e. The van der Waals surface area contributed by atoms with Crippen molar-refractivity contribution in [2.75, 3.05) is 6.61 Å². The maximum Gasteiger partial charge on any atom is 0.488 e. The summed E-state index contributed by atoms with van der Waals surface area (Å²) in [6.45, 7) is 6.07. The van der Waals surface area contributed by atoms with Crippen LogP contribution in [-0.2, 0) is 6.42 Å². The SMILES string of the molecule is C=C.OCCc1cccc(B(O)O)c1. The molecule has 0 aliphatic heterocycles. The van der Waals surface area contributed by atoms with E-state index in [1.165, 1.54) is 0 Å². The minimum atomic E-state index is -1.43. The molecule has 0 saturated heterocycles. The topological polar surface area (TPSA) is 60.7 Å². The first-order chi connectivity index (χ1) is 6.74. The van der Waals surface area contributed by atoms with Crippen molar-refractivity contribution in [2.45, 2.75) is 6.42 Å². The zero-order chi connectivity index (χ0) is 11.0. The van der Waals surface area contributed by atoms with Crippen LogP contribution in [0.4, 0.5) is 0 Å². The van der Waals surface area contributed by atoms with Crippen LogP contribution in [0.5, 0.6) is 0 Å². The average molecular weight is 194 g/mol. The summed E-state index contributed by atoms with van der Waals surface area (Å²) in [5.74, 6) is 0. The highest BCUT2D eigenvalue weighted by atomic mass is 16.4. The molecule has 76 valence electrons. The molecule has 0 radical (unpaired) electrons. The molecule has 0 bridgehead atoms. The Labute approximate surface area is 84.5 Å². The summed E-state index contributed by atoms with van der Waals surface area (Å²) in [5.41, 5.74) is 1.36. The second-order valence-electron chi connectivity index (χ2n) is 2.59. The van der Waals surface area contributed by atoms with Crippen LogP contribution in [0.1, 0.15) is 5.56 Å². The van der Waals surface area contributed by atoms with Gasteiger partial charge >= 0.3 is 7.12 Å². The van der Waals surface area contributed by atoms with E-state index in [2.05, 4.69) is 13.2 Å². The average Bonchev–Trinajstić information content (AvgIpc) is 2.22. The highest BCUT2D eigenvalue weighted by molar-refractivity contribution is 6.58. The molecular weight excluding hydrogens is 179 g/mol. The Morgan fingerprint density at radius 1 is 1.21 bits per heavy atom. The van der Waals surface area contributed by atoms with Crippen molar-refractivity contribution in [3.8, 4) is 0 Å². The van der Waals surface area contributed by atoms with E-state index in [-0.39, 0.29) is 6.61 Å². The molecule has 14 heavy (non-hydrogen) atoms. The van der Waals surface area contributed by atoms with Crippen molar-refractivity contribution in [2.24, 2.45) is 0 Å². The third kappa shape index (κ3) is 4.23. The maximum absolute atomic E-state index is 8.81. The number of hydrogen-bond acceptors (Lipinski definition) is 3. The van der Waals surface area contributed by atoms with Gasteiger partial charge in [-0.15, -0.1) is 13.2 Å². The number of rotatable bonds is 3. The van der Waals surface area contributed by atoms with Gasteiger partial charge < -0.3 is 15.2 Å². The van der Waals surface area contributed by atoms with Gasteiger partial charge in [-0.05, 0) is 17.4 Å². The maximum atomic E-state index is 8.81. The summed E-state index contributed by atoms with van der Waals surface area (Å²) in [7, 11) is -1.43. The van der Waals surface area contributed by atoms with Crippen molar-refractivity contribution in [1.29, 1.82) is 0 Å². The Bertz CT molecular complexity index is 263. The van der Waals surface area contributed by atoms with E-state index in [9.17, 15) is 0 Å². The van der Waals surface area contributed by atoms with Crippen LogP contribution in [0.2, 0.25) is 0 Å². The van der Waals surface area contributed by atoms with Crippen LogP contribution >= 0.6 is 0 Å². The lowest BCUT2D eigenvalue weighted by Crippen LogP contribution is -2.29. The molecule has 0 heterocycles. The second kappa shape index (κ2) is 7.32. The Balaban J connectivity index is 0.000000791. The van der Waals surface area contributed by atoms with Crippen molar-refractivity contribution in [3.63, 3.8) is 0 Å². The summed E-state index contributed by atoms with van der Waals surface area (Å²) in [4.78, 5) is 0. The van der Waals surface area contributed by atoms with E-state index in [0.29, 0.717) is 11.9 Å². The molecule has 0 aromatic heterocycles. The number of aliphatic hydroxyl groups is 1. The molecule has 3 N–H and O–H groups in total. The molecular formula is C10H15BO3. The van der Waals surface area contributed by atoms with E-state index in [0.717, 1.165) is 5.56 Å². The molecule has 1 rings (SSSR count). The van der Waals surface area contributed by atoms with Gasteiger partial charge in [0.25, 0.3) is 0 Å². The molecule has 0 unspecified atom stereocenters. The highest BCUT2D eigenvalue weighted by Crippen LogP contribution is 1.97. The van der Waals surface area contributed by atoms with E-state index >= 15 is 0 Å². The molecule has 0 aliphatic carbocycles. The molecule has 1 aromatic rings. The normalized spacial score (nSPS) is 8.79. The third-order valence-electron chi connectivity index (χ3n) is 1.65. The lowest BCUT2D eigenvalue weighted by molar-refractivity contribution is 0.299. The lowest BCUT2D eigenvalue weighted by Gasteiger charge is -2.01. The highest BCUT2D eigenvalue weighted by Gasteiger charge is 2.09. The summed E-state index contributed by atoms with van der Waals surface area (Å²) >= 11 is 0. The summed E-state index contributed by atoms with van der Waals surface area (Å²) in [5, 5.41) is 26.2. The van der Waals surface area contributed by atoms with Crippen molar-refractivity contribution in [3.05, 3.63) is 43.0 Å². The third-order valence-corrected chi connectivity index (χ3v) is 1.65. The Morgan fingerprint density at radius 3 is 2.36 bits per heavy atom. The first kappa shape index (κ1) is 12.9. The van der Waals surface area contributed by atoms with Gasteiger partial charge in [-0.2, -0.15) is 0 Å². The van der Waals surface area contributed by atoms with Gasteiger partial charge in [0.1, 0.15) is 0 Å². The van der Waals surface area contributed by atoms with Gasteiger partial charge in [-0.25, -0.2) is 0 Å². The molecule has 0 amide bonds. The number of benzene rings is 1. The van der Waals surface area contributed by atoms with Crippen LogP contribution in [0.15, 0.2) is 37.4 Å². The van der Waals surface area contributed by atoms with Crippen molar-refractivity contribution >= 4 is 12.6 Å². The molecule has 0 atom stereocenters. The van der Waals surface area contributed by atoms with E-state index in [1.54, 1.807) is 18.2 Å². The fourth-order valence-corrected chi connectivity index (χ4v) is 1.04. The Hall–Kier alpha value is -1.10. The standard InChI is InChI=1S/C8H11BO3.C2H4/c10-5-4-7-2-1-3-8(6-7)9(11)12;1-2/h1-3,6,10-12H,4-5H2;1-2H2. The van der Waals surface area contributed by atoms with Gasteiger partial charge in [0, 0.05) is 6.61 Å². The molecule has 0 fully saturated rings. The summed E-state index contributed by atoms with van der Waals surface area (Å²) < 4.78 is 0. The lowest BCUT2D eigenvalue weighted by atomic mass is 9.79. The molecule has 0 spiro atoms. The molecule has 0 aliphatic rings. The fourth-order valence-electron chi connectivity index (χ4n) is 1.04. The smallest absolute Gasteiger partial charge is 0.423 e. The zero-order valence-corrected chi connectivity index (χ0v) is 8.06. The molecule has 3 nitrogen and oxygen atoms in total. The molecule has 1 aromatic carbocycles. The first-order valence-corrected chi connectivity index (χ1v) is 4.30. The first-order valence-electron chi connectivity index (χ1n) is 4.30. The van der Waals surface area contributed by atoms with Gasteiger partial charge in [-0.3, -0.25) is 0 Å². The van der Waals surface area contributed by atoms with Gasteiger partial charge in [0.15, 0.2) is 0 Å². The monoisotopic (exact) mass is 194 g/mol. The number of aliphatic hydroxyl groups excluding tert-OH is 1. The van der Waals surface area contributed by atoms with Crippen LogP contribution in [0.25, 0.3) is 0 Å². The van der Waals surface area contributed by atoms with Crippen LogP contribution in [0.3, 0.4) is 0 Å². The van der Waals surface area contributed by atoms with Crippen LogP contribution in [-0.4, -0.2) is 28.9 Å². The van der Waals surface area contributed by atoms with Gasteiger partial charge in [0.2, 0.25) is 0 Å². The van der Waals surface area contributed by atoms with Crippen LogP contribution < -0.4 is 5.46 Å². The summed E-state index contributed by atoms with van der Waals surface area (Å²) in [6.07, 6.45) is 0.542. The minimum absolute atomic E-state index is 0.0744. The molecule has 0 saturated carbocycles. The van der Waals surface area contributed by atoms with Crippen molar-refractivity contribution < 1.29 is 15.2 Å². The number of hydrogen-bond donors (Lipinski definition) is 3. The van der Waals surface area contributed by atoms with Crippen LogP contribution in [0, 0.1) is 0 Å². The van der Waals surface area contributed by atoms with Crippen molar-refractivity contribution in [1.82, 2.24) is 0 Å². The Kier molecular flexibility index (Phi) is 6.75. The predicted molar refractivity (Wildman–Crippen MR) is 58.3 cm³/mol. The molecule has 4 heteroatoms. The van der Waals surface area contributed by atoms with E-state index < -0.39 is 7.12 Å².